The number of benzene rings is 1. The van der Waals surface area contributed by atoms with Crippen LogP contribution in [-0.4, -0.2) is 18.6 Å². The normalized spacial score (nSPS) is 10.6. The first-order valence-electron chi connectivity index (χ1n) is 6.81. The fourth-order valence-electron chi connectivity index (χ4n) is 2.01. The second-order valence-electron chi connectivity index (χ2n) is 4.75. The van der Waals surface area contributed by atoms with Gasteiger partial charge in [-0.25, -0.2) is 4.98 Å². The summed E-state index contributed by atoms with van der Waals surface area (Å²) in [5.41, 5.74) is 2.52. The highest BCUT2D eigenvalue weighted by Gasteiger charge is 2.06. The molecule has 0 unspecified atom stereocenters. The van der Waals surface area contributed by atoms with Gasteiger partial charge >= 0.3 is 0 Å². The lowest BCUT2D eigenvalue weighted by Crippen LogP contribution is -2.19. The van der Waals surface area contributed by atoms with Gasteiger partial charge in [-0.15, -0.1) is 0 Å². The van der Waals surface area contributed by atoms with E-state index in [1.807, 2.05) is 12.3 Å². The monoisotopic (exact) mass is 333 g/mol. The summed E-state index contributed by atoms with van der Waals surface area (Å²) >= 11 is 3.59. The number of rotatable bonds is 6. The van der Waals surface area contributed by atoms with Gasteiger partial charge in [-0.1, -0.05) is 41.1 Å². The molecule has 0 atom stereocenters. The molecule has 1 heterocycles. The third-order valence-electron chi connectivity index (χ3n) is 3.15. The lowest BCUT2D eigenvalue weighted by atomic mass is 10.2. The Morgan fingerprint density at radius 2 is 2.05 bits per heavy atom. The highest BCUT2D eigenvalue weighted by molar-refractivity contribution is 9.10. The van der Waals surface area contributed by atoms with E-state index in [-0.39, 0.29) is 0 Å². The zero-order chi connectivity index (χ0) is 14.4. The molecule has 0 bridgehead atoms. The van der Waals surface area contributed by atoms with Crippen LogP contribution in [0.1, 0.15) is 18.1 Å². The van der Waals surface area contributed by atoms with Crippen molar-refractivity contribution in [3.8, 4) is 0 Å². The van der Waals surface area contributed by atoms with Crippen molar-refractivity contribution in [3.63, 3.8) is 0 Å². The first-order chi connectivity index (χ1) is 9.70. The van der Waals surface area contributed by atoms with Crippen molar-refractivity contribution in [3.05, 3.63) is 58.2 Å². The van der Waals surface area contributed by atoms with E-state index in [0.29, 0.717) is 0 Å². The molecule has 0 saturated heterocycles. The standard InChI is InChI=1S/C16H20BrN3/c1-3-18-11-13-8-9-19-16(10-13)20(2)12-14-6-4-5-7-15(14)17/h4-10,18H,3,11-12H2,1-2H3. The minimum absolute atomic E-state index is 0.832. The quantitative estimate of drug-likeness (QED) is 0.875. The molecule has 2 rings (SSSR count). The summed E-state index contributed by atoms with van der Waals surface area (Å²) in [5.74, 6) is 0.996. The number of nitrogens with one attached hydrogen (secondary N) is 1. The molecule has 1 aromatic heterocycles. The molecule has 2 aromatic rings. The van der Waals surface area contributed by atoms with E-state index in [2.05, 4.69) is 75.4 Å². The summed E-state index contributed by atoms with van der Waals surface area (Å²) in [6.45, 7) is 4.81. The van der Waals surface area contributed by atoms with Crippen molar-refractivity contribution in [1.29, 1.82) is 0 Å². The van der Waals surface area contributed by atoms with Gasteiger partial charge in [-0.2, -0.15) is 0 Å². The molecule has 1 N–H and O–H groups in total. The Morgan fingerprint density at radius 3 is 2.80 bits per heavy atom. The Bertz CT molecular complexity index is 557. The van der Waals surface area contributed by atoms with E-state index in [0.717, 1.165) is 29.9 Å². The molecular weight excluding hydrogens is 314 g/mol. The minimum atomic E-state index is 0.832. The predicted molar refractivity (Wildman–Crippen MR) is 87.9 cm³/mol. The van der Waals surface area contributed by atoms with Gasteiger partial charge in [0.25, 0.3) is 0 Å². The number of hydrogen-bond donors (Lipinski definition) is 1. The maximum Gasteiger partial charge on any atom is 0.128 e. The van der Waals surface area contributed by atoms with Gasteiger partial charge in [0.15, 0.2) is 0 Å². The molecule has 0 radical (unpaired) electrons. The summed E-state index contributed by atoms with van der Waals surface area (Å²) < 4.78 is 1.13. The lowest BCUT2D eigenvalue weighted by Gasteiger charge is -2.19. The molecule has 0 saturated carbocycles. The van der Waals surface area contributed by atoms with Crippen LogP contribution in [0.3, 0.4) is 0 Å². The average Bonchev–Trinajstić information content (AvgIpc) is 2.48. The predicted octanol–water partition coefficient (Wildman–Crippen LogP) is 3.59. The van der Waals surface area contributed by atoms with E-state index < -0.39 is 0 Å². The first-order valence-corrected chi connectivity index (χ1v) is 7.60. The van der Waals surface area contributed by atoms with Gasteiger partial charge < -0.3 is 10.2 Å². The van der Waals surface area contributed by atoms with Crippen LogP contribution in [-0.2, 0) is 13.1 Å². The van der Waals surface area contributed by atoms with Crippen LogP contribution in [0, 0.1) is 0 Å². The van der Waals surface area contributed by atoms with E-state index in [4.69, 9.17) is 0 Å². The number of hydrogen-bond acceptors (Lipinski definition) is 3. The smallest absolute Gasteiger partial charge is 0.128 e. The fraction of sp³-hybridized carbons (Fsp3) is 0.312. The molecule has 20 heavy (non-hydrogen) atoms. The first kappa shape index (κ1) is 15.0. The second-order valence-corrected chi connectivity index (χ2v) is 5.60. The summed E-state index contributed by atoms with van der Waals surface area (Å²) in [5, 5.41) is 3.34. The summed E-state index contributed by atoms with van der Waals surface area (Å²) in [4.78, 5) is 6.62. The van der Waals surface area contributed by atoms with Gasteiger partial charge in [-0.3, -0.25) is 0 Å². The van der Waals surface area contributed by atoms with Crippen molar-refractivity contribution >= 4 is 21.7 Å². The minimum Gasteiger partial charge on any atom is -0.355 e. The Labute approximate surface area is 129 Å². The van der Waals surface area contributed by atoms with E-state index in [1.54, 1.807) is 0 Å². The van der Waals surface area contributed by atoms with Crippen molar-refractivity contribution in [1.82, 2.24) is 10.3 Å². The Morgan fingerprint density at radius 1 is 1.25 bits per heavy atom. The number of pyridine rings is 1. The zero-order valence-corrected chi connectivity index (χ0v) is 13.5. The van der Waals surface area contributed by atoms with Crippen molar-refractivity contribution < 1.29 is 0 Å². The molecule has 106 valence electrons. The summed E-state index contributed by atoms with van der Waals surface area (Å²) in [6, 6.07) is 12.5. The van der Waals surface area contributed by atoms with Gasteiger partial charge in [0.1, 0.15) is 5.82 Å². The molecule has 4 heteroatoms. The van der Waals surface area contributed by atoms with Crippen LogP contribution in [0.15, 0.2) is 47.1 Å². The molecule has 3 nitrogen and oxygen atoms in total. The van der Waals surface area contributed by atoms with Crippen LogP contribution in [0.4, 0.5) is 5.82 Å². The van der Waals surface area contributed by atoms with Crippen LogP contribution in [0.2, 0.25) is 0 Å². The lowest BCUT2D eigenvalue weighted by molar-refractivity contribution is 0.725. The van der Waals surface area contributed by atoms with Crippen molar-refractivity contribution in [2.24, 2.45) is 0 Å². The van der Waals surface area contributed by atoms with E-state index >= 15 is 0 Å². The van der Waals surface area contributed by atoms with Crippen LogP contribution >= 0.6 is 15.9 Å². The topological polar surface area (TPSA) is 28.2 Å². The highest BCUT2D eigenvalue weighted by atomic mass is 79.9. The molecule has 0 amide bonds. The summed E-state index contributed by atoms with van der Waals surface area (Å²) in [7, 11) is 2.07. The van der Waals surface area contributed by atoms with E-state index in [1.165, 1.54) is 11.1 Å². The van der Waals surface area contributed by atoms with Crippen molar-refractivity contribution in [2.45, 2.75) is 20.0 Å². The van der Waals surface area contributed by atoms with Gasteiger partial charge in [-0.05, 0) is 35.9 Å². The molecule has 0 fully saturated rings. The third-order valence-corrected chi connectivity index (χ3v) is 3.92. The van der Waals surface area contributed by atoms with Gasteiger partial charge in [0.05, 0.1) is 0 Å². The maximum absolute atomic E-state index is 4.46. The third kappa shape index (κ3) is 4.05. The molecule has 0 aliphatic carbocycles. The number of halogens is 1. The Kier molecular flexibility index (Phi) is 5.56. The SMILES string of the molecule is CCNCc1ccnc(N(C)Cc2ccccc2Br)c1. The number of aromatic nitrogens is 1. The largest absolute Gasteiger partial charge is 0.355 e. The van der Waals surface area contributed by atoms with Gasteiger partial charge in [0.2, 0.25) is 0 Å². The van der Waals surface area contributed by atoms with Gasteiger partial charge in [0, 0.05) is 30.8 Å². The van der Waals surface area contributed by atoms with Crippen LogP contribution < -0.4 is 10.2 Å². The fourth-order valence-corrected chi connectivity index (χ4v) is 2.42. The van der Waals surface area contributed by atoms with E-state index in [9.17, 15) is 0 Å². The highest BCUT2D eigenvalue weighted by Crippen LogP contribution is 2.20. The maximum atomic E-state index is 4.46. The summed E-state index contributed by atoms with van der Waals surface area (Å²) in [6.07, 6.45) is 1.87. The Hall–Kier alpha value is -1.39. The molecule has 0 spiro atoms. The second kappa shape index (κ2) is 7.41. The van der Waals surface area contributed by atoms with Crippen LogP contribution in [0.5, 0.6) is 0 Å². The molecular formula is C16H20BrN3. The van der Waals surface area contributed by atoms with Crippen molar-refractivity contribution in [2.75, 3.05) is 18.5 Å². The molecule has 0 aliphatic rings. The zero-order valence-electron chi connectivity index (χ0n) is 11.9. The number of anilines is 1. The molecule has 1 aromatic carbocycles. The Balaban J connectivity index is 2.09. The van der Waals surface area contributed by atoms with Crippen LogP contribution in [0.25, 0.3) is 0 Å². The average molecular weight is 334 g/mol. The molecule has 0 aliphatic heterocycles. The number of nitrogens with zero attached hydrogens (tertiary/aromatic N) is 2.